The zero-order valence-corrected chi connectivity index (χ0v) is 11.6. The lowest BCUT2D eigenvalue weighted by Crippen LogP contribution is -2.23. The molecule has 1 nitrogen and oxygen atoms in total. The molecule has 1 N–H and O–H groups in total. The van der Waals surface area contributed by atoms with Gasteiger partial charge in [-0.1, -0.05) is 13.0 Å². The highest BCUT2D eigenvalue weighted by Gasteiger charge is 2.15. The lowest BCUT2D eigenvalue weighted by atomic mass is 9.96. The molecule has 96 valence electrons. The molecule has 0 fully saturated rings. The third-order valence-corrected chi connectivity index (χ3v) is 3.72. The monoisotopic (exact) mass is 263 g/mol. The average Bonchev–Trinajstić information content (AvgIpc) is 2.85. The molecule has 0 aliphatic heterocycles. The van der Waals surface area contributed by atoms with Crippen LogP contribution in [0.3, 0.4) is 0 Å². The zero-order valence-electron chi connectivity index (χ0n) is 10.7. The standard InChI is InChI=1S/C15H18FNS/c1-3-7-17-15(12-6-8-18-10-12)14-5-4-13(16)9-11(14)2/h4-6,8-10,15,17H,3,7H2,1-2H3. The summed E-state index contributed by atoms with van der Waals surface area (Å²) in [6.45, 7) is 5.07. The van der Waals surface area contributed by atoms with Gasteiger partial charge in [-0.05, 0) is 65.5 Å². The van der Waals surface area contributed by atoms with Crippen LogP contribution in [-0.2, 0) is 0 Å². The van der Waals surface area contributed by atoms with Crippen LogP contribution in [0.15, 0.2) is 35.0 Å². The summed E-state index contributed by atoms with van der Waals surface area (Å²) in [5.41, 5.74) is 3.40. The summed E-state index contributed by atoms with van der Waals surface area (Å²) in [7, 11) is 0. The van der Waals surface area contributed by atoms with Crippen molar-refractivity contribution in [2.45, 2.75) is 26.3 Å². The topological polar surface area (TPSA) is 12.0 Å². The Morgan fingerprint density at radius 2 is 2.17 bits per heavy atom. The Balaban J connectivity index is 2.33. The first-order chi connectivity index (χ1) is 8.72. The number of halogens is 1. The van der Waals surface area contributed by atoms with Crippen molar-refractivity contribution < 1.29 is 4.39 Å². The smallest absolute Gasteiger partial charge is 0.123 e. The van der Waals surface area contributed by atoms with Gasteiger partial charge in [0.15, 0.2) is 0 Å². The van der Waals surface area contributed by atoms with E-state index in [9.17, 15) is 4.39 Å². The highest BCUT2D eigenvalue weighted by Crippen LogP contribution is 2.27. The van der Waals surface area contributed by atoms with E-state index >= 15 is 0 Å². The first kappa shape index (κ1) is 13.2. The molecular weight excluding hydrogens is 245 g/mol. The van der Waals surface area contributed by atoms with Crippen molar-refractivity contribution in [3.05, 3.63) is 57.5 Å². The summed E-state index contributed by atoms with van der Waals surface area (Å²) in [5.74, 6) is -0.171. The summed E-state index contributed by atoms with van der Waals surface area (Å²) in [5, 5.41) is 7.76. The Morgan fingerprint density at radius 3 is 2.78 bits per heavy atom. The molecule has 1 aromatic carbocycles. The summed E-state index contributed by atoms with van der Waals surface area (Å²) < 4.78 is 13.2. The Labute approximate surface area is 112 Å². The second-order valence-electron chi connectivity index (χ2n) is 4.44. The molecule has 1 aromatic heterocycles. The fraction of sp³-hybridized carbons (Fsp3) is 0.333. The molecule has 1 heterocycles. The summed E-state index contributed by atoms with van der Waals surface area (Å²) in [6, 6.07) is 7.31. The van der Waals surface area contributed by atoms with E-state index in [1.807, 2.05) is 13.0 Å². The number of thiophene rings is 1. The maximum absolute atomic E-state index is 13.2. The van der Waals surface area contributed by atoms with E-state index < -0.39 is 0 Å². The van der Waals surface area contributed by atoms with Gasteiger partial charge in [-0.2, -0.15) is 11.3 Å². The van der Waals surface area contributed by atoms with Gasteiger partial charge in [-0.3, -0.25) is 0 Å². The zero-order chi connectivity index (χ0) is 13.0. The Kier molecular flexibility index (Phi) is 4.50. The largest absolute Gasteiger partial charge is 0.306 e. The van der Waals surface area contributed by atoms with Gasteiger partial charge in [0.2, 0.25) is 0 Å². The first-order valence-electron chi connectivity index (χ1n) is 6.24. The van der Waals surface area contributed by atoms with E-state index in [1.54, 1.807) is 17.4 Å². The third kappa shape index (κ3) is 2.98. The number of nitrogens with one attached hydrogen (secondary N) is 1. The quantitative estimate of drug-likeness (QED) is 0.848. The number of aryl methyl sites for hydroxylation is 1. The molecule has 0 amide bonds. The van der Waals surface area contributed by atoms with Crippen LogP contribution in [0, 0.1) is 12.7 Å². The Morgan fingerprint density at radius 1 is 1.33 bits per heavy atom. The van der Waals surface area contributed by atoms with Crippen molar-refractivity contribution in [1.82, 2.24) is 5.32 Å². The average molecular weight is 263 g/mol. The maximum Gasteiger partial charge on any atom is 0.123 e. The fourth-order valence-corrected chi connectivity index (χ4v) is 2.78. The molecule has 0 saturated carbocycles. The number of hydrogen-bond acceptors (Lipinski definition) is 2. The highest BCUT2D eigenvalue weighted by atomic mass is 32.1. The van der Waals surface area contributed by atoms with Crippen LogP contribution in [0.1, 0.15) is 36.1 Å². The van der Waals surface area contributed by atoms with Crippen LogP contribution < -0.4 is 5.32 Å². The van der Waals surface area contributed by atoms with Crippen molar-refractivity contribution in [3.8, 4) is 0 Å². The number of benzene rings is 1. The van der Waals surface area contributed by atoms with Crippen LogP contribution in [0.5, 0.6) is 0 Å². The molecule has 0 saturated heterocycles. The van der Waals surface area contributed by atoms with Crippen LogP contribution in [0.2, 0.25) is 0 Å². The Bertz CT molecular complexity index is 493. The van der Waals surface area contributed by atoms with Gasteiger partial charge in [-0.15, -0.1) is 0 Å². The minimum Gasteiger partial charge on any atom is -0.306 e. The van der Waals surface area contributed by atoms with E-state index in [0.29, 0.717) is 0 Å². The van der Waals surface area contributed by atoms with Crippen LogP contribution in [0.25, 0.3) is 0 Å². The second kappa shape index (κ2) is 6.12. The molecule has 1 unspecified atom stereocenters. The molecule has 0 spiro atoms. The number of hydrogen-bond donors (Lipinski definition) is 1. The minimum absolute atomic E-state index is 0.164. The van der Waals surface area contributed by atoms with Gasteiger partial charge in [0.25, 0.3) is 0 Å². The SMILES string of the molecule is CCCNC(c1ccsc1)c1ccc(F)cc1C. The van der Waals surface area contributed by atoms with Gasteiger partial charge in [0.1, 0.15) is 5.82 Å². The summed E-state index contributed by atoms with van der Waals surface area (Å²) in [6.07, 6.45) is 1.08. The molecule has 0 radical (unpaired) electrons. The molecule has 0 bridgehead atoms. The third-order valence-electron chi connectivity index (χ3n) is 3.02. The predicted octanol–water partition coefficient (Wildman–Crippen LogP) is 4.28. The Hall–Kier alpha value is -1.19. The predicted molar refractivity (Wildman–Crippen MR) is 75.6 cm³/mol. The lowest BCUT2D eigenvalue weighted by Gasteiger charge is -2.20. The van der Waals surface area contributed by atoms with Crippen molar-refractivity contribution in [1.29, 1.82) is 0 Å². The molecule has 3 heteroatoms. The number of rotatable bonds is 5. The van der Waals surface area contributed by atoms with Crippen LogP contribution in [0.4, 0.5) is 4.39 Å². The van der Waals surface area contributed by atoms with Crippen molar-refractivity contribution in [2.75, 3.05) is 6.54 Å². The van der Waals surface area contributed by atoms with E-state index in [-0.39, 0.29) is 11.9 Å². The summed E-state index contributed by atoms with van der Waals surface area (Å²) in [4.78, 5) is 0. The van der Waals surface area contributed by atoms with Gasteiger partial charge >= 0.3 is 0 Å². The molecule has 0 aliphatic rings. The van der Waals surface area contributed by atoms with Crippen molar-refractivity contribution in [3.63, 3.8) is 0 Å². The molecule has 1 atom stereocenters. The normalized spacial score (nSPS) is 12.6. The van der Waals surface area contributed by atoms with Gasteiger partial charge in [0, 0.05) is 0 Å². The molecule has 2 aromatic rings. The van der Waals surface area contributed by atoms with E-state index in [2.05, 4.69) is 29.1 Å². The van der Waals surface area contributed by atoms with Crippen LogP contribution in [-0.4, -0.2) is 6.54 Å². The molecule has 2 rings (SSSR count). The first-order valence-corrected chi connectivity index (χ1v) is 7.18. The minimum atomic E-state index is -0.171. The van der Waals surface area contributed by atoms with E-state index in [0.717, 1.165) is 24.1 Å². The van der Waals surface area contributed by atoms with E-state index in [4.69, 9.17) is 0 Å². The highest BCUT2D eigenvalue weighted by molar-refractivity contribution is 7.08. The van der Waals surface area contributed by atoms with Gasteiger partial charge in [-0.25, -0.2) is 4.39 Å². The molecular formula is C15H18FNS. The van der Waals surface area contributed by atoms with E-state index in [1.165, 1.54) is 11.6 Å². The molecule has 18 heavy (non-hydrogen) atoms. The lowest BCUT2D eigenvalue weighted by molar-refractivity contribution is 0.591. The van der Waals surface area contributed by atoms with Crippen LogP contribution >= 0.6 is 11.3 Å². The van der Waals surface area contributed by atoms with Gasteiger partial charge < -0.3 is 5.32 Å². The second-order valence-corrected chi connectivity index (χ2v) is 5.22. The van der Waals surface area contributed by atoms with Crippen molar-refractivity contribution in [2.24, 2.45) is 0 Å². The fourth-order valence-electron chi connectivity index (χ4n) is 2.10. The van der Waals surface area contributed by atoms with Gasteiger partial charge in [0.05, 0.1) is 6.04 Å². The molecule has 0 aliphatic carbocycles. The maximum atomic E-state index is 13.2. The summed E-state index contributed by atoms with van der Waals surface area (Å²) >= 11 is 1.69. The van der Waals surface area contributed by atoms with Crippen molar-refractivity contribution >= 4 is 11.3 Å².